The number of benzene rings is 1. The Morgan fingerprint density at radius 2 is 2.00 bits per heavy atom. The molecule has 0 fully saturated rings. The highest BCUT2D eigenvalue weighted by Gasteiger charge is 2.25. The van der Waals surface area contributed by atoms with Gasteiger partial charge in [-0.25, -0.2) is 0 Å². The number of nitrogens with two attached hydrogens (primary N) is 1. The summed E-state index contributed by atoms with van der Waals surface area (Å²) in [5.74, 6) is 1.11. The van der Waals surface area contributed by atoms with Crippen LogP contribution >= 0.6 is 15.9 Å². The van der Waals surface area contributed by atoms with E-state index in [0.29, 0.717) is 11.7 Å². The number of nitrogens with zero attached hydrogens (tertiary/aromatic N) is 2. The van der Waals surface area contributed by atoms with E-state index in [1.54, 1.807) is 0 Å². The van der Waals surface area contributed by atoms with Crippen molar-refractivity contribution in [3.05, 3.63) is 45.5 Å². The third-order valence-electron chi connectivity index (χ3n) is 2.85. The maximum Gasteiger partial charge on any atom is 0.232 e. The third-order valence-corrected chi connectivity index (χ3v) is 3.54. The van der Waals surface area contributed by atoms with Crippen LogP contribution in [0.15, 0.2) is 27.2 Å². The van der Waals surface area contributed by atoms with Crippen LogP contribution in [-0.4, -0.2) is 10.1 Å². The average Bonchev–Trinajstić information content (AvgIpc) is 2.76. The van der Waals surface area contributed by atoms with Crippen LogP contribution in [0.25, 0.3) is 0 Å². The molecule has 1 aromatic carbocycles. The van der Waals surface area contributed by atoms with Crippen LogP contribution in [-0.2, 0) is 5.41 Å². The molecule has 0 saturated carbocycles. The van der Waals surface area contributed by atoms with Gasteiger partial charge in [-0.2, -0.15) is 4.98 Å². The molecule has 2 aromatic rings. The molecule has 0 spiro atoms. The van der Waals surface area contributed by atoms with Crippen molar-refractivity contribution in [3.63, 3.8) is 0 Å². The van der Waals surface area contributed by atoms with Gasteiger partial charge in [-0.15, -0.1) is 0 Å². The van der Waals surface area contributed by atoms with E-state index in [1.807, 2.05) is 45.9 Å². The van der Waals surface area contributed by atoms with Gasteiger partial charge in [0.25, 0.3) is 0 Å². The topological polar surface area (TPSA) is 64.9 Å². The highest BCUT2D eigenvalue weighted by Crippen LogP contribution is 2.28. The lowest BCUT2D eigenvalue weighted by molar-refractivity contribution is 0.317. The smallest absolute Gasteiger partial charge is 0.232 e. The quantitative estimate of drug-likeness (QED) is 0.918. The number of halogens is 1. The van der Waals surface area contributed by atoms with E-state index in [2.05, 4.69) is 26.1 Å². The Kier molecular flexibility index (Phi) is 3.78. The Balaban J connectivity index is 2.34. The van der Waals surface area contributed by atoms with E-state index >= 15 is 0 Å². The van der Waals surface area contributed by atoms with Gasteiger partial charge in [0.15, 0.2) is 5.82 Å². The summed E-state index contributed by atoms with van der Waals surface area (Å²) in [6.07, 6.45) is 0. The molecule has 1 aromatic heterocycles. The standard InChI is InChI=1S/C14H18BrN3O/c1-8-5-6-9(10(15)7-8)11(16)12-17-13(19-18-12)14(2,3)4/h5-7,11H,16H2,1-4H3. The van der Waals surface area contributed by atoms with Gasteiger partial charge >= 0.3 is 0 Å². The summed E-state index contributed by atoms with van der Waals surface area (Å²) in [7, 11) is 0. The van der Waals surface area contributed by atoms with Crippen LogP contribution in [0.4, 0.5) is 0 Å². The predicted molar refractivity (Wildman–Crippen MR) is 77.9 cm³/mol. The molecule has 1 heterocycles. The second-order valence-electron chi connectivity index (χ2n) is 5.71. The zero-order chi connectivity index (χ0) is 14.2. The second-order valence-corrected chi connectivity index (χ2v) is 6.56. The van der Waals surface area contributed by atoms with Crippen molar-refractivity contribution in [2.24, 2.45) is 5.73 Å². The molecule has 0 amide bonds. The third kappa shape index (κ3) is 3.04. The summed E-state index contributed by atoms with van der Waals surface area (Å²) in [6.45, 7) is 8.11. The number of hydrogen-bond donors (Lipinski definition) is 1. The number of aryl methyl sites for hydroxylation is 1. The fraction of sp³-hybridized carbons (Fsp3) is 0.429. The fourth-order valence-electron chi connectivity index (χ4n) is 1.69. The Morgan fingerprint density at radius 1 is 1.32 bits per heavy atom. The van der Waals surface area contributed by atoms with Crippen molar-refractivity contribution >= 4 is 15.9 Å². The first-order valence-electron chi connectivity index (χ1n) is 6.15. The fourth-order valence-corrected chi connectivity index (χ4v) is 2.43. The first-order chi connectivity index (χ1) is 8.79. The lowest BCUT2D eigenvalue weighted by Crippen LogP contribution is -2.16. The molecule has 0 aliphatic carbocycles. The van der Waals surface area contributed by atoms with Crippen LogP contribution in [0.5, 0.6) is 0 Å². The van der Waals surface area contributed by atoms with Gasteiger partial charge in [0, 0.05) is 9.89 Å². The Bertz CT molecular complexity index is 587. The number of rotatable bonds is 2. The Hall–Kier alpha value is -1.20. The lowest BCUT2D eigenvalue weighted by Gasteiger charge is -2.12. The van der Waals surface area contributed by atoms with Gasteiger partial charge in [-0.3, -0.25) is 0 Å². The highest BCUT2D eigenvalue weighted by atomic mass is 79.9. The van der Waals surface area contributed by atoms with Gasteiger partial charge < -0.3 is 10.3 Å². The van der Waals surface area contributed by atoms with Crippen LogP contribution in [0, 0.1) is 6.92 Å². The van der Waals surface area contributed by atoms with Crippen molar-refractivity contribution in [2.75, 3.05) is 0 Å². The van der Waals surface area contributed by atoms with E-state index in [4.69, 9.17) is 10.3 Å². The van der Waals surface area contributed by atoms with Crippen molar-refractivity contribution in [1.82, 2.24) is 10.1 Å². The normalized spacial score (nSPS) is 13.6. The van der Waals surface area contributed by atoms with Crippen LogP contribution < -0.4 is 5.73 Å². The zero-order valence-corrected chi connectivity index (χ0v) is 13.2. The predicted octanol–water partition coefficient (Wildman–Crippen LogP) is 3.49. The summed E-state index contributed by atoms with van der Waals surface area (Å²) < 4.78 is 6.24. The molecule has 1 unspecified atom stereocenters. The monoisotopic (exact) mass is 323 g/mol. The Labute approximate surface area is 121 Å². The molecule has 0 aliphatic rings. The molecule has 5 heteroatoms. The molecule has 1 atom stereocenters. The minimum absolute atomic E-state index is 0.171. The maximum absolute atomic E-state index is 6.21. The number of aromatic nitrogens is 2. The maximum atomic E-state index is 6.21. The molecule has 0 bridgehead atoms. The summed E-state index contributed by atoms with van der Waals surface area (Å²) >= 11 is 3.53. The van der Waals surface area contributed by atoms with Crippen LogP contribution in [0.1, 0.15) is 49.7 Å². The average molecular weight is 324 g/mol. The van der Waals surface area contributed by atoms with Gasteiger partial charge in [0.2, 0.25) is 5.89 Å². The van der Waals surface area contributed by atoms with E-state index in [0.717, 1.165) is 10.0 Å². The first kappa shape index (κ1) is 14.2. The summed E-state index contributed by atoms with van der Waals surface area (Å²) in [5.41, 5.74) is 8.16. The van der Waals surface area contributed by atoms with Gasteiger partial charge in [-0.05, 0) is 24.1 Å². The van der Waals surface area contributed by atoms with E-state index < -0.39 is 6.04 Å². The highest BCUT2D eigenvalue weighted by molar-refractivity contribution is 9.10. The molecule has 0 aliphatic heterocycles. The van der Waals surface area contributed by atoms with E-state index in [-0.39, 0.29) is 5.41 Å². The lowest BCUT2D eigenvalue weighted by atomic mass is 9.97. The summed E-state index contributed by atoms with van der Waals surface area (Å²) in [5, 5.41) is 3.99. The van der Waals surface area contributed by atoms with Gasteiger partial charge in [-0.1, -0.05) is 54.0 Å². The van der Waals surface area contributed by atoms with Crippen molar-refractivity contribution in [2.45, 2.75) is 39.2 Å². The van der Waals surface area contributed by atoms with Crippen LogP contribution in [0.3, 0.4) is 0 Å². The Morgan fingerprint density at radius 3 is 2.53 bits per heavy atom. The van der Waals surface area contributed by atoms with Gasteiger partial charge in [0.05, 0.1) is 6.04 Å². The van der Waals surface area contributed by atoms with E-state index in [1.165, 1.54) is 5.56 Å². The minimum Gasteiger partial charge on any atom is -0.339 e. The molecule has 19 heavy (non-hydrogen) atoms. The van der Waals surface area contributed by atoms with Crippen molar-refractivity contribution in [3.8, 4) is 0 Å². The largest absolute Gasteiger partial charge is 0.339 e. The first-order valence-corrected chi connectivity index (χ1v) is 6.94. The van der Waals surface area contributed by atoms with Crippen molar-refractivity contribution in [1.29, 1.82) is 0 Å². The van der Waals surface area contributed by atoms with Crippen LogP contribution in [0.2, 0.25) is 0 Å². The molecule has 0 saturated heterocycles. The molecule has 2 rings (SSSR count). The molecular weight excluding hydrogens is 306 g/mol. The minimum atomic E-state index is -0.394. The zero-order valence-electron chi connectivity index (χ0n) is 11.6. The second kappa shape index (κ2) is 5.06. The molecule has 102 valence electrons. The molecular formula is C14H18BrN3O. The van der Waals surface area contributed by atoms with Gasteiger partial charge in [0.1, 0.15) is 0 Å². The SMILES string of the molecule is Cc1ccc(C(N)c2noc(C(C)(C)C)n2)c(Br)c1. The summed E-state index contributed by atoms with van der Waals surface area (Å²) in [4.78, 5) is 4.40. The van der Waals surface area contributed by atoms with E-state index in [9.17, 15) is 0 Å². The molecule has 4 nitrogen and oxygen atoms in total. The number of hydrogen-bond acceptors (Lipinski definition) is 4. The molecule has 0 radical (unpaired) electrons. The van der Waals surface area contributed by atoms with Crippen molar-refractivity contribution < 1.29 is 4.52 Å². The molecule has 2 N–H and O–H groups in total. The summed E-state index contributed by atoms with van der Waals surface area (Å²) in [6, 6.07) is 5.64.